The van der Waals surface area contributed by atoms with Crippen LogP contribution < -0.4 is 10.5 Å². The first kappa shape index (κ1) is 15.3. The fraction of sp³-hybridized carbons (Fsp3) is 0.500. The van der Waals surface area contributed by atoms with Gasteiger partial charge in [0.05, 0.1) is 19.6 Å². The fourth-order valence-electron chi connectivity index (χ4n) is 1.78. The second-order valence-corrected chi connectivity index (χ2v) is 4.58. The van der Waals surface area contributed by atoms with Gasteiger partial charge in [-0.2, -0.15) is 0 Å². The molecule has 5 nitrogen and oxygen atoms in total. The first-order valence-corrected chi connectivity index (χ1v) is 6.43. The van der Waals surface area contributed by atoms with Gasteiger partial charge in [-0.1, -0.05) is 6.07 Å². The second kappa shape index (κ2) is 7.63. The van der Waals surface area contributed by atoms with Gasteiger partial charge in [0.2, 0.25) is 5.91 Å². The highest BCUT2D eigenvalue weighted by molar-refractivity contribution is 5.76. The number of nitrogen functional groups attached to an aromatic ring is 1. The molecule has 0 aliphatic rings. The third-order valence-corrected chi connectivity index (χ3v) is 2.73. The van der Waals surface area contributed by atoms with E-state index >= 15 is 0 Å². The van der Waals surface area contributed by atoms with E-state index in [0.29, 0.717) is 24.6 Å². The Morgan fingerprint density at radius 3 is 2.79 bits per heavy atom. The molecule has 0 unspecified atom stereocenters. The van der Waals surface area contributed by atoms with Gasteiger partial charge in [-0.25, -0.2) is 0 Å². The Balaban J connectivity index is 2.41. The lowest BCUT2D eigenvalue weighted by Crippen LogP contribution is -2.39. The number of anilines is 1. The van der Waals surface area contributed by atoms with Crippen LogP contribution in [0.4, 0.5) is 5.69 Å². The maximum Gasteiger partial charge on any atom is 0.226 e. The summed E-state index contributed by atoms with van der Waals surface area (Å²) in [6.07, 6.45) is 0.285. The highest BCUT2D eigenvalue weighted by atomic mass is 16.5. The van der Waals surface area contributed by atoms with Crippen LogP contribution in [0.2, 0.25) is 0 Å². The Morgan fingerprint density at radius 1 is 1.47 bits per heavy atom. The summed E-state index contributed by atoms with van der Waals surface area (Å²) in [6, 6.07) is 7.18. The van der Waals surface area contributed by atoms with Crippen molar-refractivity contribution in [2.75, 3.05) is 25.5 Å². The molecule has 1 amide bonds. The quantitative estimate of drug-likeness (QED) is 0.729. The largest absolute Gasteiger partial charge is 0.493 e. The molecule has 0 bridgehead atoms. The lowest BCUT2D eigenvalue weighted by atomic mass is 10.2. The van der Waals surface area contributed by atoms with E-state index in [9.17, 15) is 4.79 Å². The number of benzene rings is 1. The third-order valence-electron chi connectivity index (χ3n) is 2.73. The van der Waals surface area contributed by atoms with Crippen molar-refractivity contribution in [3.05, 3.63) is 24.3 Å². The van der Waals surface area contributed by atoms with Crippen LogP contribution in [-0.2, 0) is 4.79 Å². The van der Waals surface area contributed by atoms with Gasteiger partial charge in [0.25, 0.3) is 0 Å². The summed E-state index contributed by atoms with van der Waals surface area (Å²) >= 11 is 0. The Morgan fingerprint density at radius 2 is 2.21 bits per heavy atom. The molecule has 0 radical (unpaired) electrons. The molecule has 1 aromatic carbocycles. The highest BCUT2D eigenvalue weighted by Crippen LogP contribution is 2.14. The Bertz CT molecular complexity index is 407. The molecule has 0 aromatic heterocycles. The molecule has 1 rings (SSSR count). The summed E-state index contributed by atoms with van der Waals surface area (Å²) in [5.74, 6) is 0.638. The molecule has 0 fully saturated rings. The van der Waals surface area contributed by atoms with Crippen LogP contribution in [0.25, 0.3) is 0 Å². The average Bonchev–Trinajstić information content (AvgIpc) is 2.35. The predicted octanol–water partition coefficient (Wildman–Crippen LogP) is 1.27. The lowest BCUT2D eigenvalue weighted by Gasteiger charge is -2.25. The summed E-state index contributed by atoms with van der Waals surface area (Å²) in [6.45, 7) is 4.48. The van der Waals surface area contributed by atoms with Gasteiger partial charge in [0.15, 0.2) is 0 Å². The molecule has 106 valence electrons. The normalized spacial score (nSPS) is 10.5. The number of nitrogens with zero attached hydrogens (tertiary/aromatic N) is 1. The van der Waals surface area contributed by atoms with Crippen molar-refractivity contribution in [3.63, 3.8) is 0 Å². The molecule has 1 aromatic rings. The number of carbonyl (C=O) groups is 1. The number of hydrogen-bond donors (Lipinski definition) is 2. The van der Waals surface area contributed by atoms with Crippen molar-refractivity contribution in [2.45, 2.75) is 26.3 Å². The van der Waals surface area contributed by atoms with E-state index in [2.05, 4.69) is 0 Å². The zero-order valence-corrected chi connectivity index (χ0v) is 11.5. The van der Waals surface area contributed by atoms with Gasteiger partial charge in [-0.15, -0.1) is 0 Å². The molecule has 0 heterocycles. The first-order valence-electron chi connectivity index (χ1n) is 6.43. The monoisotopic (exact) mass is 266 g/mol. The Hall–Kier alpha value is -1.75. The number of amides is 1. The fourth-order valence-corrected chi connectivity index (χ4v) is 1.78. The number of aliphatic hydroxyl groups is 1. The van der Waals surface area contributed by atoms with Crippen molar-refractivity contribution in [3.8, 4) is 5.75 Å². The third kappa shape index (κ3) is 5.18. The highest BCUT2D eigenvalue weighted by Gasteiger charge is 2.15. The Kier molecular flexibility index (Phi) is 6.15. The van der Waals surface area contributed by atoms with E-state index in [4.69, 9.17) is 15.6 Å². The topological polar surface area (TPSA) is 75.8 Å². The van der Waals surface area contributed by atoms with Gasteiger partial charge in [-0.05, 0) is 26.0 Å². The van der Waals surface area contributed by atoms with Crippen LogP contribution in [0, 0.1) is 0 Å². The number of hydrogen-bond acceptors (Lipinski definition) is 4. The summed E-state index contributed by atoms with van der Waals surface area (Å²) in [4.78, 5) is 13.6. The van der Waals surface area contributed by atoms with Gasteiger partial charge >= 0.3 is 0 Å². The standard InChI is InChI=1S/C14H22N2O3/c1-11(2)16(7-8-17)14(18)6-9-19-13-5-3-4-12(15)10-13/h3-5,10-11,17H,6-9,15H2,1-2H3. The van der Waals surface area contributed by atoms with E-state index in [1.165, 1.54) is 0 Å². The average molecular weight is 266 g/mol. The summed E-state index contributed by atoms with van der Waals surface area (Å²) in [5.41, 5.74) is 6.27. The summed E-state index contributed by atoms with van der Waals surface area (Å²) in [7, 11) is 0. The number of carbonyl (C=O) groups excluding carboxylic acids is 1. The first-order chi connectivity index (χ1) is 9.04. The molecular weight excluding hydrogens is 244 g/mol. The van der Waals surface area contributed by atoms with Crippen LogP contribution in [0.5, 0.6) is 5.75 Å². The van der Waals surface area contributed by atoms with Crippen LogP contribution >= 0.6 is 0 Å². The van der Waals surface area contributed by atoms with Crippen molar-refractivity contribution in [1.29, 1.82) is 0 Å². The smallest absolute Gasteiger partial charge is 0.226 e. The SMILES string of the molecule is CC(C)N(CCO)C(=O)CCOc1cccc(N)c1. The van der Waals surface area contributed by atoms with E-state index in [0.717, 1.165) is 0 Å². The van der Waals surface area contributed by atoms with Gasteiger partial charge in [0.1, 0.15) is 5.75 Å². The number of rotatable bonds is 7. The molecule has 0 atom stereocenters. The zero-order valence-electron chi connectivity index (χ0n) is 11.5. The molecule has 0 aliphatic heterocycles. The van der Waals surface area contributed by atoms with E-state index < -0.39 is 0 Å². The summed E-state index contributed by atoms with van der Waals surface area (Å²) < 4.78 is 5.48. The van der Waals surface area contributed by atoms with Crippen LogP contribution in [-0.4, -0.2) is 41.7 Å². The minimum Gasteiger partial charge on any atom is -0.493 e. The van der Waals surface area contributed by atoms with E-state index in [-0.39, 0.29) is 25.0 Å². The second-order valence-electron chi connectivity index (χ2n) is 4.58. The van der Waals surface area contributed by atoms with E-state index in [1.807, 2.05) is 13.8 Å². The van der Waals surface area contributed by atoms with Crippen molar-refractivity contribution < 1.29 is 14.6 Å². The zero-order chi connectivity index (χ0) is 14.3. The van der Waals surface area contributed by atoms with Gasteiger partial charge in [0, 0.05) is 24.3 Å². The minimum absolute atomic E-state index is 0.0204. The molecule has 5 heteroatoms. The molecule has 0 saturated carbocycles. The van der Waals surface area contributed by atoms with Crippen molar-refractivity contribution in [1.82, 2.24) is 4.90 Å². The van der Waals surface area contributed by atoms with Gasteiger partial charge in [-0.3, -0.25) is 4.79 Å². The Labute approximate surface area is 114 Å². The van der Waals surface area contributed by atoms with Crippen LogP contribution in [0.1, 0.15) is 20.3 Å². The molecule has 3 N–H and O–H groups in total. The minimum atomic E-state index is -0.0278. The maximum absolute atomic E-state index is 11.9. The van der Waals surface area contributed by atoms with Crippen molar-refractivity contribution in [2.24, 2.45) is 0 Å². The number of ether oxygens (including phenoxy) is 1. The molecule has 19 heavy (non-hydrogen) atoms. The molecule has 0 saturated heterocycles. The van der Waals surface area contributed by atoms with Crippen LogP contribution in [0.3, 0.4) is 0 Å². The molecule has 0 spiro atoms. The van der Waals surface area contributed by atoms with Gasteiger partial charge < -0.3 is 20.5 Å². The predicted molar refractivity (Wildman–Crippen MR) is 74.9 cm³/mol. The van der Waals surface area contributed by atoms with Crippen LogP contribution in [0.15, 0.2) is 24.3 Å². The lowest BCUT2D eigenvalue weighted by molar-refractivity contribution is -0.133. The molecule has 0 aliphatic carbocycles. The number of aliphatic hydroxyl groups excluding tert-OH is 1. The summed E-state index contributed by atoms with van der Waals surface area (Å²) in [5, 5.41) is 8.93. The maximum atomic E-state index is 11.9. The van der Waals surface area contributed by atoms with Crippen molar-refractivity contribution >= 4 is 11.6 Å². The number of nitrogens with two attached hydrogens (primary N) is 1. The van der Waals surface area contributed by atoms with E-state index in [1.54, 1.807) is 29.2 Å². The molecular formula is C14H22N2O3.